The van der Waals surface area contributed by atoms with Crippen LogP contribution in [0.15, 0.2) is 18.2 Å². The maximum atomic E-state index is 13.4. The van der Waals surface area contributed by atoms with Gasteiger partial charge < -0.3 is 20.1 Å². The fourth-order valence-corrected chi connectivity index (χ4v) is 5.72. The van der Waals surface area contributed by atoms with Crippen molar-refractivity contribution in [3.05, 3.63) is 23.8 Å². The van der Waals surface area contributed by atoms with Crippen LogP contribution in [0, 0.1) is 17.8 Å². The summed E-state index contributed by atoms with van der Waals surface area (Å²) in [5.74, 6) is 3.22. The van der Waals surface area contributed by atoms with Gasteiger partial charge >= 0.3 is 0 Å². The zero-order valence-corrected chi connectivity index (χ0v) is 15.2. The molecule has 1 aromatic carbocycles. The van der Waals surface area contributed by atoms with E-state index in [-0.39, 0.29) is 18.8 Å². The number of hydrogen-bond acceptors (Lipinski definition) is 4. The van der Waals surface area contributed by atoms with Gasteiger partial charge in [-0.2, -0.15) is 0 Å². The molecule has 5 rings (SSSR count). The monoisotopic (exact) mass is 356 g/mol. The van der Waals surface area contributed by atoms with Crippen molar-refractivity contribution in [3.8, 4) is 11.5 Å². The van der Waals surface area contributed by atoms with Crippen LogP contribution in [-0.4, -0.2) is 30.2 Å². The van der Waals surface area contributed by atoms with Gasteiger partial charge in [-0.25, -0.2) is 0 Å². The maximum Gasteiger partial charge on any atom is 0.231 e. The molecule has 1 aromatic rings. The number of benzene rings is 1. The van der Waals surface area contributed by atoms with E-state index in [4.69, 9.17) is 15.2 Å². The molecule has 140 valence electrons. The molecule has 3 atom stereocenters. The molecule has 2 aliphatic carbocycles. The second-order valence-corrected chi connectivity index (χ2v) is 8.50. The Bertz CT molecular complexity index is 692. The van der Waals surface area contributed by atoms with Gasteiger partial charge in [-0.1, -0.05) is 12.5 Å². The van der Waals surface area contributed by atoms with E-state index < -0.39 is 0 Å². The first kappa shape index (κ1) is 16.4. The highest BCUT2D eigenvalue weighted by Crippen LogP contribution is 2.45. The third-order valence-corrected chi connectivity index (χ3v) is 7.08. The van der Waals surface area contributed by atoms with Crippen molar-refractivity contribution in [2.45, 2.75) is 57.0 Å². The number of rotatable bonds is 2. The Kier molecular flexibility index (Phi) is 4.07. The molecule has 0 aromatic heterocycles. The molecule has 2 bridgehead atoms. The summed E-state index contributed by atoms with van der Waals surface area (Å²) in [7, 11) is 0. The molecule has 5 heteroatoms. The second-order valence-electron chi connectivity index (χ2n) is 8.50. The molecule has 0 spiro atoms. The summed E-state index contributed by atoms with van der Waals surface area (Å²) in [6, 6.07) is 6.62. The third-order valence-electron chi connectivity index (χ3n) is 7.08. The standard InChI is InChI=1S/C21H28N2O3/c22-20-14-3-1-4-15(20)10-16(9-14)21(24)23-8-2-5-17(23)13-6-7-18-19(11-13)26-12-25-18/h6-7,11,14-17,20H,1-5,8-10,12,22H2. The van der Waals surface area contributed by atoms with Crippen LogP contribution in [0.1, 0.15) is 56.6 Å². The average molecular weight is 356 g/mol. The van der Waals surface area contributed by atoms with Crippen LogP contribution < -0.4 is 15.2 Å². The topological polar surface area (TPSA) is 64.8 Å². The van der Waals surface area contributed by atoms with E-state index in [0.717, 1.165) is 43.7 Å². The van der Waals surface area contributed by atoms with Crippen LogP contribution in [0.5, 0.6) is 11.5 Å². The van der Waals surface area contributed by atoms with E-state index >= 15 is 0 Å². The first-order chi connectivity index (χ1) is 12.7. The number of nitrogens with two attached hydrogens (primary N) is 1. The van der Waals surface area contributed by atoms with Crippen LogP contribution in [0.3, 0.4) is 0 Å². The summed E-state index contributed by atoms with van der Waals surface area (Å²) in [6.07, 6.45) is 7.77. The lowest BCUT2D eigenvalue weighted by atomic mass is 9.65. The molecule has 1 amide bonds. The predicted octanol–water partition coefficient (Wildman–Crippen LogP) is 3.23. The molecule has 2 N–H and O–H groups in total. The fourth-order valence-electron chi connectivity index (χ4n) is 5.72. The van der Waals surface area contributed by atoms with Crippen LogP contribution in [0.25, 0.3) is 0 Å². The Morgan fingerprint density at radius 1 is 1.04 bits per heavy atom. The van der Waals surface area contributed by atoms with Crippen molar-refractivity contribution >= 4 is 5.91 Å². The molecule has 26 heavy (non-hydrogen) atoms. The highest BCUT2D eigenvalue weighted by molar-refractivity contribution is 5.80. The minimum atomic E-state index is 0.166. The summed E-state index contributed by atoms with van der Waals surface area (Å²) < 4.78 is 11.0. The summed E-state index contributed by atoms with van der Waals surface area (Å²) in [4.78, 5) is 15.5. The van der Waals surface area contributed by atoms with Crippen molar-refractivity contribution in [2.24, 2.45) is 23.5 Å². The van der Waals surface area contributed by atoms with E-state index in [9.17, 15) is 4.79 Å². The summed E-state index contributed by atoms with van der Waals surface area (Å²) in [5.41, 5.74) is 7.59. The van der Waals surface area contributed by atoms with Gasteiger partial charge in [0.25, 0.3) is 0 Å². The van der Waals surface area contributed by atoms with Crippen molar-refractivity contribution in [1.29, 1.82) is 0 Å². The van der Waals surface area contributed by atoms with Crippen molar-refractivity contribution in [2.75, 3.05) is 13.3 Å². The van der Waals surface area contributed by atoms with E-state index in [1.165, 1.54) is 24.8 Å². The van der Waals surface area contributed by atoms with Crippen LogP contribution in [0.2, 0.25) is 0 Å². The molecule has 2 heterocycles. The average Bonchev–Trinajstić information content (AvgIpc) is 3.29. The van der Waals surface area contributed by atoms with E-state index in [2.05, 4.69) is 17.0 Å². The Morgan fingerprint density at radius 2 is 1.81 bits per heavy atom. The van der Waals surface area contributed by atoms with Gasteiger partial charge in [0.05, 0.1) is 6.04 Å². The van der Waals surface area contributed by atoms with Crippen molar-refractivity contribution < 1.29 is 14.3 Å². The van der Waals surface area contributed by atoms with Crippen molar-refractivity contribution in [1.82, 2.24) is 4.90 Å². The second kappa shape index (κ2) is 6.45. The Morgan fingerprint density at radius 3 is 2.62 bits per heavy atom. The maximum absolute atomic E-state index is 13.4. The normalized spacial score (nSPS) is 35.6. The minimum absolute atomic E-state index is 0.166. The first-order valence-corrected chi connectivity index (χ1v) is 10.2. The Hall–Kier alpha value is -1.75. The number of amides is 1. The number of hydrogen-bond donors (Lipinski definition) is 1. The molecular formula is C21H28N2O3. The first-order valence-electron chi connectivity index (χ1n) is 10.2. The summed E-state index contributed by atoms with van der Waals surface area (Å²) in [6.45, 7) is 1.16. The smallest absolute Gasteiger partial charge is 0.231 e. The molecule has 3 fully saturated rings. The highest BCUT2D eigenvalue weighted by atomic mass is 16.7. The summed E-state index contributed by atoms with van der Waals surface area (Å²) >= 11 is 0. The molecule has 0 radical (unpaired) electrons. The Labute approximate surface area is 154 Å². The number of likely N-dealkylation sites (tertiary alicyclic amines) is 1. The summed E-state index contributed by atoms with van der Waals surface area (Å²) in [5, 5.41) is 0. The van der Waals surface area contributed by atoms with Gasteiger partial charge in [0.2, 0.25) is 12.7 Å². The lowest BCUT2D eigenvalue weighted by Crippen LogP contribution is -2.49. The van der Waals surface area contributed by atoms with Gasteiger partial charge in [-0.15, -0.1) is 0 Å². The lowest BCUT2D eigenvalue weighted by Gasteiger charge is -2.44. The largest absolute Gasteiger partial charge is 0.454 e. The number of fused-ring (bicyclic) bond motifs is 3. The zero-order chi connectivity index (χ0) is 17.7. The molecule has 2 aliphatic heterocycles. The van der Waals surface area contributed by atoms with Gasteiger partial charge in [0.15, 0.2) is 11.5 Å². The molecule has 2 saturated carbocycles. The lowest BCUT2D eigenvalue weighted by molar-refractivity contribution is -0.139. The molecular weight excluding hydrogens is 328 g/mol. The SMILES string of the molecule is NC1C2CCCC1CC(C(=O)N1CCCC1c1ccc3c(c1)OCO3)C2. The van der Waals surface area contributed by atoms with Crippen LogP contribution in [0.4, 0.5) is 0 Å². The molecule has 1 saturated heterocycles. The van der Waals surface area contributed by atoms with Gasteiger partial charge in [-0.3, -0.25) is 4.79 Å². The van der Waals surface area contributed by atoms with Crippen LogP contribution in [-0.2, 0) is 4.79 Å². The van der Waals surface area contributed by atoms with E-state index in [1.54, 1.807) is 0 Å². The van der Waals surface area contributed by atoms with E-state index in [1.807, 2.05) is 6.07 Å². The quantitative estimate of drug-likeness (QED) is 0.883. The molecule has 3 unspecified atom stereocenters. The minimum Gasteiger partial charge on any atom is -0.454 e. The third kappa shape index (κ3) is 2.68. The number of carbonyl (C=O) groups is 1. The van der Waals surface area contributed by atoms with Crippen molar-refractivity contribution in [3.63, 3.8) is 0 Å². The number of nitrogens with zero attached hydrogens (tertiary/aromatic N) is 1. The zero-order valence-electron chi connectivity index (χ0n) is 15.2. The number of carbonyl (C=O) groups excluding carboxylic acids is 1. The fraction of sp³-hybridized carbons (Fsp3) is 0.667. The molecule has 5 nitrogen and oxygen atoms in total. The van der Waals surface area contributed by atoms with Gasteiger partial charge in [0.1, 0.15) is 0 Å². The van der Waals surface area contributed by atoms with E-state index in [0.29, 0.717) is 23.8 Å². The van der Waals surface area contributed by atoms with Crippen LogP contribution >= 0.6 is 0 Å². The Balaban J connectivity index is 1.35. The predicted molar refractivity (Wildman–Crippen MR) is 97.8 cm³/mol. The van der Waals surface area contributed by atoms with Gasteiger partial charge in [-0.05, 0) is 68.1 Å². The highest BCUT2D eigenvalue weighted by Gasteiger charge is 2.43. The van der Waals surface area contributed by atoms with Gasteiger partial charge in [0, 0.05) is 18.5 Å². The molecule has 4 aliphatic rings. The number of ether oxygens (including phenoxy) is 2.